The molecular weight excluding hydrogens is 296 g/mol. The van der Waals surface area contributed by atoms with Crippen LogP contribution in [0.1, 0.15) is 23.1 Å². The van der Waals surface area contributed by atoms with E-state index in [-0.39, 0.29) is 0 Å². The van der Waals surface area contributed by atoms with Crippen molar-refractivity contribution in [3.8, 4) is 6.07 Å². The van der Waals surface area contributed by atoms with Gasteiger partial charge in [0.05, 0.1) is 6.07 Å². The Morgan fingerprint density at radius 1 is 1.00 bits per heavy atom. The van der Waals surface area contributed by atoms with E-state index in [4.69, 9.17) is 11.6 Å². The van der Waals surface area contributed by atoms with E-state index in [0.717, 1.165) is 16.3 Å². The third-order valence-electron chi connectivity index (χ3n) is 3.68. The van der Waals surface area contributed by atoms with Gasteiger partial charge in [-0.3, -0.25) is 0 Å². The number of aromatic nitrogens is 1. The predicted molar refractivity (Wildman–Crippen MR) is 86.5 cm³/mol. The van der Waals surface area contributed by atoms with Crippen molar-refractivity contribution in [2.75, 3.05) is 0 Å². The van der Waals surface area contributed by atoms with E-state index < -0.39 is 12.0 Å². The Labute approximate surface area is 133 Å². The summed E-state index contributed by atoms with van der Waals surface area (Å²) in [5, 5.41) is 22.5. The van der Waals surface area contributed by atoms with Crippen molar-refractivity contribution >= 4 is 22.4 Å². The van der Waals surface area contributed by atoms with Gasteiger partial charge in [-0.05, 0) is 28.5 Å². The summed E-state index contributed by atoms with van der Waals surface area (Å²) in [6, 6.07) is 19.2. The molecule has 0 unspecified atom stereocenters. The van der Waals surface area contributed by atoms with Crippen LogP contribution in [0.2, 0.25) is 5.15 Å². The van der Waals surface area contributed by atoms with Crippen LogP contribution >= 0.6 is 11.6 Å². The number of halogens is 1. The second kappa shape index (κ2) is 6.15. The van der Waals surface area contributed by atoms with Gasteiger partial charge in [-0.1, -0.05) is 54.1 Å². The van der Waals surface area contributed by atoms with E-state index >= 15 is 0 Å². The van der Waals surface area contributed by atoms with Crippen LogP contribution < -0.4 is 0 Å². The molecule has 0 saturated heterocycles. The molecule has 1 aromatic heterocycles. The molecule has 0 fully saturated rings. The quantitative estimate of drug-likeness (QED) is 0.737. The first-order valence-corrected chi connectivity index (χ1v) is 7.24. The molecule has 0 aliphatic heterocycles. The monoisotopic (exact) mass is 308 g/mol. The highest BCUT2D eigenvalue weighted by molar-refractivity contribution is 6.29. The van der Waals surface area contributed by atoms with Gasteiger partial charge in [-0.2, -0.15) is 5.26 Å². The van der Waals surface area contributed by atoms with Crippen molar-refractivity contribution in [1.82, 2.24) is 4.98 Å². The number of fused-ring (bicyclic) bond motifs is 1. The second-order valence-corrected chi connectivity index (χ2v) is 5.46. The summed E-state index contributed by atoms with van der Waals surface area (Å²) >= 11 is 5.75. The van der Waals surface area contributed by atoms with Crippen LogP contribution in [0.4, 0.5) is 0 Å². The molecular formula is C18H13ClN2O. The molecule has 22 heavy (non-hydrogen) atoms. The Morgan fingerprint density at radius 2 is 1.73 bits per heavy atom. The van der Waals surface area contributed by atoms with Gasteiger partial charge in [-0.15, -0.1) is 0 Å². The SMILES string of the molecule is N#C[C@@H](c1ccc2ccccc2c1)[C@@H](O)c1ccc(Cl)nc1. The fraction of sp³-hybridized carbons (Fsp3) is 0.111. The van der Waals surface area contributed by atoms with E-state index in [1.165, 1.54) is 6.20 Å². The summed E-state index contributed by atoms with van der Waals surface area (Å²) in [7, 11) is 0. The zero-order chi connectivity index (χ0) is 15.5. The number of aliphatic hydroxyl groups excluding tert-OH is 1. The van der Waals surface area contributed by atoms with Crippen LogP contribution in [0, 0.1) is 11.3 Å². The molecule has 3 rings (SSSR count). The minimum Gasteiger partial charge on any atom is -0.387 e. The average molecular weight is 309 g/mol. The van der Waals surface area contributed by atoms with E-state index in [1.807, 2.05) is 42.5 Å². The van der Waals surface area contributed by atoms with Crippen LogP contribution in [-0.4, -0.2) is 10.1 Å². The van der Waals surface area contributed by atoms with Crippen molar-refractivity contribution in [2.45, 2.75) is 12.0 Å². The van der Waals surface area contributed by atoms with Gasteiger partial charge in [0.25, 0.3) is 0 Å². The molecule has 3 aromatic rings. The highest BCUT2D eigenvalue weighted by Gasteiger charge is 2.23. The smallest absolute Gasteiger partial charge is 0.129 e. The minimum atomic E-state index is -0.948. The maximum absolute atomic E-state index is 10.5. The Balaban J connectivity index is 1.98. The lowest BCUT2D eigenvalue weighted by atomic mass is 9.90. The summed E-state index contributed by atoms with van der Waals surface area (Å²) < 4.78 is 0. The lowest BCUT2D eigenvalue weighted by Gasteiger charge is -2.17. The molecule has 4 heteroatoms. The van der Waals surface area contributed by atoms with Crippen LogP contribution in [0.25, 0.3) is 10.8 Å². The highest BCUT2D eigenvalue weighted by atomic mass is 35.5. The average Bonchev–Trinajstić information content (AvgIpc) is 2.56. The molecule has 2 atom stereocenters. The van der Waals surface area contributed by atoms with Crippen molar-refractivity contribution in [1.29, 1.82) is 5.26 Å². The standard InChI is InChI=1S/C18H13ClN2O/c19-17-8-7-15(11-21-17)18(22)16(10-20)14-6-5-12-3-1-2-4-13(12)9-14/h1-9,11,16,18,22H/t16-,18-/m0/s1. The summed E-state index contributed by atoms with van der Waals surface area (Å²) in [5.74, 6) is -0.660. The Morgan fingerprint density at radius 3 is 2.41 bits per heavy atom. The molecule has 0 aliphatic rings. The number of nitriles is 1. The van der Waals surface area contributed by atoms with Crippen LogP contribution in [-0.2, 0) is 0 Å². The van der Waals surface area contributed by atoms with Gasteiger partial charge in [0.15, 0.2) is 0 Å². The summed E-state index contributed by atoms with van der Waals surface area (Å²) in [5.41, 5.74) is 1.35. The lowest BCUT2D eigenvalue weighted by molar-refractivity contribution is 0.164. The summed E-state index contributed by atoms with van der Waals surface area (Å²) in [6.45, 7) is 0. The molecule has 2 aromatic carbocycles. The number of aliphatic hydroxyl groups is 1. The molecule has 108 valence electrons. The Kier molecular flexibility index (Phi) is 4.06. The Bertz CT molecular complexity index is 840. The fourth-order valence-corrected chi connectivity index (χ4v) is 2.60. The number of nitrogens with zero attached hydrogens (tertiary/aromatic N) is 2. The number of hydrogen-bond donors (Lipinski definition) is 1. The van der Waals surface area contributed by atoms with Crippen molar-refractivity contribution in [3.63, 3.8) is 0 Å². The maximum atomic E-state index is 10.5. The first kappa shape index (κ1) is 14.5. The third-order valence-corrected chi connectivity index (χ3v) is 3.90. The van der Waals surface area contributed by atoms with Crippen molar-refractivity contribution in [3.05, 3.63) is 77.1 Å². The first-order chi connectivity index (χ1) is 10.7. The minimum absolute atomic E-state index is 0.357. The molecule has 0 spiro atoms. The molecule has 1 N–H and O–H groups in total. The highest BCUT2D eigenvalue weighted by Crippen LogP contribution is 2.32. The van der Waals surface area contributed by atoms with Crippen LogP contribution in [0.15, 0.2) is 60.8 Å². The number of pyridine rings is 1. The molecule has 0 bridgehead atoms. The third kappa shape index (κ3) is 2.80. The van der Waals surface area contributed by atoms with Crippen molar-refractivity contribution in [2.24, 2.45) is 0 Å². The van der Waals surface area contributed by atoms with Gasteiger partial charge in [-0.25, -0.2) is 4.98 Å². The van der Waals surface area contributed by atoms with Gasteiger partial charge < -0.3 is 5.11 Å². The Hall–Kier alpha value is -2.41. The summed E-state index contributed by atoms with van der Waals surface area (Å²) in [6.07, 6.45) is 0.550. The van der Waals surface area contributed by atoms with Crippen LogP contribution in [0.5, 0.6) is 0 Å². The van der Waals surface area contributed by atoms with Gasteiger partial charge in [0.1, 0.15) is 17.2 Å². The molecule has 0 saturated carbocycles. The normalized spacial score (nSPS) is 13.5. The van der Waals surface area contributed by atoms with Crippen LogP contribution in [0.3, 0.4) is 0 Å². The summed E-state index contributed by atoms with van der Waals surface area (Å²) in [4.78, 5) is 3.96. The zero-order valence-electron chi connectivity index (χ0n) is 11.6. The molecule has 0 aliphatic carbocycles. The van der Waals surface area contributed by atoms with E-state index in [0.29, 0.717) is 10.7 Å². The topological polar surface area (TPSA) is 56.9 Å². The lowest BCUT2D eigenvalue weighted by Crippen LogP contribution is -2.09. The molecule has 0 radical (unpaired) electrons. The van der Waals surface area contributed by atoms with Gasteiger partial charge in [0.2, 0.25) is 0 Å². The fourth-order valence-electron chi connectivity index (χ4n) is 2.48. The molecule has 1 heterocycles. The van der Waals surface area contributed by atoms with E-state index in [9.17, 15) is 10.4 Å². The number of rotatable bonds is 3. The molecule has 3 nitrogen and oxygen atoms in total. The first-order valence-electron chi connectivity index (χ1n) is 6.87. The second-order valence-electron chi connectivity index (χ2n) is 5.07. The maximum Gasteiger partial charge on any atom is 0.129 e. The predicted octanol–water partition coefficient (Wildman–Crippen LogP) is 4.23. The van der Waals surface area contributed by atoms with Crippen molar-refractivity contribution < 1.29 is 5.11 Å². The zero-order valence-corrected chi connectivity index (χ0v) is 12.4. The van der Waals surface area contributed by atoms with E-state index in [2.05, 4.69) is 11.1 Å². The molecule has 0 amide bonds. The number of hydrogen-bond acceptors (Lipinski definition) is 3. The largest absolute Gasteiger partial charge is 0.387 e. The van der Waals surface area contributed by atoms with Gasteiger partial charge >= 0.3 is 0 Å². The van der Waals surface area contributed by atoms with Gasteiger partial charge in [0, 0.05) is 11.8 Å². The van der Waals surface area contributed by atoms with E-state index in [1.54, 1.807) is 12.1 Å². The number of benzene rings is 2.